The highest BCUT2D eigenvalue weighted by Crippen LogP contribution is 2.28. The van der Waals surface area contributed by atoms with Crippen molar-refractivity contribution >= 4 is 22.5 Å². The molecule has 0 atom stereocenters. The van der Waals surface area contributed by atoms with Gasteiger partial charge in [0.2, 0.25) is 0 Å². The molecule has 1 aliphatic rings. The van der Waals surface area contributed by atoms with Crippen LogP contribution in [0.2, 0.25) is 0 Å². The Morgan fingerprint density at radius 3 is 2.93 bits per heavy atom. The molecule has 3 aromatic rings. The lowest BCUT2D eigenvalue weighted by Gasteiger charge is -2.21. The summed E-state index contributed by atoms with van der Waals surface area (Å²) in [6.07, 6.45) is 11.2. The molecule has 0 bridgehead atoms. The minimum Gasteiger partial charge on any atom is -0.394 e. The Morgan fingerprint density at radius 2 is 2.11 bits per heavy atom. The number of amides is 1. The van der Waals surface area contributed by atoms with E-state index in [0.717, 1.165) is 23.2 Å². The van der Waals surface area contributed by atoms with Crippen molar-refractivity contribution in [1.82, 2.24) is 14.8 Å². The van der Waals surface area contributed by atoms with Crippen molar-refractivity contribution < 1.29 is 9.90 Å². The average Bonchev–Trinajstić information content (AvgIpc) is 3.29. The van der Waals surface area contributed by atoms with Crippen molar-refractivity contribution in [3.8, 4) is 0 Å². The zero-order valence-electron chi connectivity index (χ0n) is 15.4. The van der Waals surface area contributed by atoms with E-state index in [2.05, 4.69) is 33.6 Å². The molecular formula is C21H26N4O2. The van der Waals surface area contributed by atoms with Crippen LogP contribution >= 0.6 is 0 Å². The van der Waals surface area contributed by atoms with Gasteiger partial charge in [-0.2, -0.15) is 5.10 Å². The summed E-state index contributed by atoms with van der Waals surface area (Å²) in [6.45, 7) is 0.423. The monoisotopic (exact) mass is 366 g/mol. The van der Waals surface area contributed by atoms with Crippen LogP contribution in [-0.2, 0) is 13.0 Å². The number of hydrogen-bond acceptors (Lipinski definition) is 3. The normalized spacial score (nSPS) is 15.3. The number of aliphatic hydroxyl groups excluding tert-OH is 1. The number of benzene rings is 1. The Hall–Kier alpha value is -2.60. The van der Waals surface area contributed by atoms with E-state index in [1.165, 1.54) is 37.7 Å². The molecule has 2 aromatic heterocycles. The maximum atomic E-state index is 12.5. The molecule has 1 fully saturated rings. The summed E-state index contributed by atoms with van der Waals surface area (Å²) in [5.41, 5.74) is 3.50. The number of carbonyl (C=O) groups is 1. The summed E-state index contributed by atoms with van der Waals surface area (Å²) in [5, 5.41) is 16.9. The summed E-state index contributed by atoms with van der Waals surface area (Å²) in [5.74, 6) is 0.605. The van der Waals surface area contributed by atoms with Crippen LogP contribution in [-0.4, -0.2) is 32.4 Å². The molecule has 6 nitrogen and oxygen atoms in total. The van der Waals surface area contributed by atoms with Crippen LogP contribution in [0.3, 0.4) is 0 Å². The van der Waals surface area contributed by atoms with Crippen molar-refractivity contribution in [3.05, 3.63) is 47.9 Å². The topological polar surface area (TPSA) is 82.9 Å². The smallest absolute Gasteiger partial charge is 0.272 e. The Bertz CT molecular complexity index is 921. The van der Waals surface area contributed by atoms with Gasteiger partial charge in [0, 0.05) is 17.1 Å². The van der Waals surface area contributed by atoms with Crippen LogP contribution in [0.25, 0.3) is 10.9 Å². The van der Waals surface area contributed by atoms with Gasteiger partial charge in [0.15, 0.2) is 0 Å². The number of nitrogens with zero attached hydrogens (tertiary/aromatic N) is 2. The number of rotatable bonds is 6. The Labute approximate surface area is 158 Å². The first-order valence-corrected chi connectivity index (χ1v) is 9.77. The third-order valence-electron chi connectivity index (χ3n) is 5.40. The minimum absolute atomic E-state index is 0.0142. The molecule has 27 heavy (non-hydrogen) atoms. The van der Waals surface area contributed by atoms with E-state index in [4.69, 9.17) is 5.11 Å². The second-order valence-corrected chi connectivity index (χ2v) is 7.48. The first-order valence-electron chi connectivity index (χ1n) is 9.77. The molecule has 0 radical (unpaired) electrons. The lowest BCUT2D eigenvalue weighted by molar-refractivity contribution is 0.102. The first-order chi connectivity index (χ1) is 13.2. The van der Waals surface area contributed by atoms with Crippen molar-refractivity contribution in [1.29, 1.82) is 0 Å². The van der Waals surface area contributed by atoms with Gasteiger partial charge in [0.1, 0.15) is 5.69 Å². The van der Waals surface area contributed by atoms with E-state index >= 15 is 0 Å². The van der Waals surface area contributed by atoms with Crippen LogP contribution in [0.5, 0.6) is 0 Å². The van der Waals surface area contributed by atoms with Crippen LogP contribution in [0.1, 0.15) is 48.2 Å². The van der Waals surface area contributed by atoms with Crippen LogP contribution in [0.15, 0.2) is 36.7 Å². The quantitative estimate of drug-likeness (QED) is 0.621. The van der Waals surface area contributed by atoms with E-state index in [9.17, 15) is 4.79 Å². The van der Waals surface area contributed by atoms with Crippen LogP contribution in [0.4, 0.5) is 5.69 Å². The molecule has 1 aromatic carbocycles. The number of fused-ring (bicyclic) bond motifs is 1. The second-order valence-electron chi connectivity index (χ2n) is 7.48. The summed E-state index contributed by atoms with van der Waals surface area (Å²) in [4.78, 5) is 15.8. The SMILES string of the molecule is O=C(Nc1cnn(CCO)c1)c1cc2ccc(CC3CCCCC3)cc2[nH]1. The molecule has 6 heteroatoms. The third kappa shape index (κ3) is 4.22. The van der Waals surface area contributed by atoms with E-state index in [-0.39, 0.29) is 12.5 Å². The van der Waals surface area contributed by atoms with Crippen molar-refractivity contribution in [2.75, 3.05) is 11.9 Å². The van der Waals surface area contributed by atoms with Crippen molar-refractivity contribution in [2.45, 2.75) is 45.1 Å². The van der Waals surface area contributed by atoms with Gasteiger partial charge < -0.3 is 15.4 Å². The fourth-order valence-electron chi connectivity index (χ4n) is 4.00. The van der Waals surface area contributed by atoms with Gasteiger partial charge in [0.05, 0.1) is 25.0 Å². The highest BCUT2D eigenvalue weighted by atomic mass is 16.3. The number of aromatic nitrogens is 3. The molecule has 1 amide bonds. The third-order valence-corrected chi connectivity index (χ3v) is 5.40. The van der Waals surface area contributed by atoms with Gasteiger partial charge in [0.25, 0.3) is 5.91 Å². The van der Waals surface area contributed by atoms with E-state index in [1.807, 2.05) is 6.07 Å². The Kier molecular flexibility index (Phi) is 5.25. The van der Waals surface area contributed by atoms with E-state index in [1.54, 1.807) is 17.1 Å². The maximum absolute atomic E-state index is 12.5. The number of aliphatic hydroxyl groups is 1. The maximum Gasteiger partial charge on any atom is 0.272 e. The van der Waals surface area contributed by atoms with E-state index in [0.29, 0.717) is 17.9 Å². The minimum atomic E-state index is -0.191. The number of anilines is 1. The molecule has 0 spiro atoms. The fourth-order valence-corrected chi connectivity index (χ4v) is 4.00. The zero-order chi connectivity index (χ0) is 18.6. The molecule has 0 saturated heterocycles. The van der Waals surface area contributed by atoms with Crippen LogP contribution < -0.4 is 5.32 Å². The number of aromatic amines is 1. The lowest BCUT2D eigenvalue weighted by Crippen LogP contribution is -2.11. The summed E-state index contributed by atoms with van der Waals surface area (Å²) >= 11 is 0. The number of nitrogens with one attached hydrogen (secondary N) is 2. The van der Waals surface area contributed by atoms with Crippen LogP contribution in [0, 0.1) is 5.92 Å². The zero-order valence-corrected chi connectivity index (χ0v) is 15.4. The molecule has 2 heterocycles. The largest absolute Gasteiger partial charge is 0.394 e. The lowest BCUT2D eigenvalue weighted by atomic mass is 9.85. The molecule has 0 unspecified atom stereocenters. The molecule has 1 saturated carbocycles. The summed E-state index contributed by atoms with van der Waals surface area (Å²) in [7, 11) is 0. The second kappa shape index (κ2) is 7.96. The first kappa shape index (κ1) is 17.8. The predicted octanol–water partition coefficient (Wildman–Crippen LogP) is 3.73. The molecular weight excluding hydrogens is 340 g/mol. The molecule has 4 rings (SSSR count). The number of H-pyrrole nitrogens is 1. The van der Waals surface area contributed by atoms with Gasteiger partial charge in [-0.25, -0.2) is 0 Å². The van der Waals surface area contributed by atoms with Gasteiger partial charge in [-0.3, -0.25) is 9.48 Å². The summed E-state index contributed by atoms with van der Waals surface area (Å²) < 4.78 is 1.60. The number of carbonyl (C=O) groups excluding carboxylic acids is 1. The standard InChI is InChI=1S/C21H26N4O2/c26-9-8-25-14-18(13-22-25)23-21(27)20-12-17-7-6-16(11-19(17)24-20)10-15-4-2-1-3-5-15/h6-7,11-15,24,26H,1-5,8-10H2,(H,23,27). The highest BCUT2D eigenvalue weighted by Gasteiger charge is 2.15. The molecule has 3 N–H and O–H groups in total. The van der Waals surface area contributed by atoms with E-state index < -0.39 is 0 Å². The Balaban J connectivity index is 1.46. The fraction of sp³-hybridized carbons (Fsp3) is 0.429. The van der Waals surface area contributed by atoms with Crippen molar-refractivity contribution in [3.63, 3.8) is 0 Å². The van der Waals surface area contributed by atoms with Gasteiger partial charge in [-0.15, -0.1) is 0 Å². The summed E-state index contributed by atoms with van der Waals surface area (Å²) in [6, 6.07) is 8.35. The molecule has 1 aliphatic carbocycles. The van der Waals surface area contributed by atoms with Gasteiger partial charge in [-0.05, 0) is 30.0 Å². The number of hydrogen-bond donors (Lipinski definition) is 3. The predicted molar refractivity (Wildman–Crippen MR) is 106 cm³/mol. The highest BCUT2D eigenvalue weighted by molar-refractivity contribution is 6.05. The van der Waals surface area contributed by atoms with Crippen molar-refractivity contribution in [2.24, 2.45) is 5.92 Å². The average molecular weight is 366 g/mol. The Morgan fingerprint density at radius 1 is 1.26 bits per heavy atom. The van der Waals surface area contributed by atoms with Gasteiger partial charge >= 0.3 is 0 Å². The molecule has 142 valence electrons. The molecule has 0 aliphatic heterocycles. The van der Waals surface area contributed by atoms with Gasteiger partial charge in [-0.1, -0.05) is 44.2 Å².